The predicted molar refractivity (Wildman–Crippen MR) is 86.4 cm³/mol. The maximum absolute atomic E-state index is 10.4. The monoisotopic (exact) mass is 382 g/mol. The SMILES string of the molecule is Cc1ccc(CC(O)c2cc(Br)ccc2Br)cc1C. The minimum absolute atomic E-state index is 0.506. The van der Waals surface area contributed by atoms with E-state index in [0.717, 1.165) is 20.1 Å². The second-order valence-electron chi connectivity index (χ2n) is 4.80. The molecule has 0 aliphatic rings. The van der Waals surface area contributed by atoms with E-state index >= 15 is 0 Å². The van der Waals surface area contributed by atoms with Crippen molar-refractivity contribution in [3.63, 3.8) is 0 Å². The van der Waals surface area contributed by atoms with E-state index in [0.29, 0.717) is 6.42 Å². The van der Waals surface area contributed by atoms with Crippen LogP contribution >= 0.6 is 31.9 Å². The molecular formula is C16H16Br2O. The van der Waals surface area contributed by atoms with Crippen molar-refractivity contribution in [1.29, 1.82) is 0 Å². The van der Waals surface area contributed by atoms with Crippen LogP contribution < -0.4 is 0 Å². The summed E-state index contributed by atoms with van der Waals surface area (Å²) in [5, 5.41) is 10.4. The van der Waals surface area contributed by atoms with Gasteiger partial charge in [0.25, 0.3) is 0 Å². The first-order valence-corrected chi connectivity index (χ1v) is 7.75. The van der Waals surface area contributed by atoms with Crippen LogP contribution in [0.1, 0.15) is 28.4 Å². The Morgan fingerprint density at radius 1 is 1.00 bits per heavy atom. The van der Waals surface area contributed by atoms with Crippen LogP contribution in [0.2, 0.25) is 0 Å². The van der Waals surface area contributed by atoms with E-state index in [1.54, 1.807) is 0 Å². The Labute approximate surface area is 130 Å². The van der Waals surface area contributed by atoms with E-state index in [-0.39, 0.29) is 0 Å². The second-order valence-corrected chi connectivity index (χ2v) is 6.57. The van der Waals surface area contributed by atoms with Crippen LogP contribution in [0.4, 0.5) is 0 Å². The number of hydrogen-bond donors (Lipinski definition) is 1. The number of aryl methyl sites for hydroxylation is 2. The van der Waals surface area contributed by atoms with Crippen molar-refractivity contribution >= 4 is 31.9 Å². The lowest BCUT2D eigenvalue weighted by Crippen LogP contribution is -2.03. The minimum atomic E-state index is -0.506. The van der Waals surface area contributed by atoms with Gasteiger partial charge in [-0.15, -0.1) is 0 Å². The Morgan fingerprint density at radius 3 is 2.42 bits per heavy atom. The molecule has 0 fully saturated rings. The molecule has 3 heteroatoms. The van der Waals surface area contributed by atoms with Crippen LogP contribution in [-0.2, 0) is 6.42 Å². The fraction of sp³-hybridized carbons (Fsp3) is 0.250. The molecule has 2 rings (SSSR count). The lowest BCUT2D eigenvalue weighted by Gasteiger charge is -2.14. The average molecular weight is 384 g/mol. The van der Waals surface area contributed by atoms with Crippen LogP contribution in [-0.4, -0.2) is 5.11 Å². The van der Waals surface area contributed by atoms with Gasteiger partial charge in [0.15, 0.2) is 0 Å². The van der Waals surface area contributed by atoms with Gasteiger partial charge in [0.2, 0.25) is 0 Å². The number of aliphatic hydroxyl groups excluding tert-OH is 1. The van der Waals surface area contributed by atoms with Crippen molar-refractivity contribution < 1.29 is 5.11 Å². The fourth-order valence-corrected chi connectivity index (χ4v) is 2.92. The van der Waals surface area contributed by atoms with Gasteiger partial charge in [-0.2, -0.15) is 0 Å². The molecule has 19 heavy (non-hydrogen) atoms. The molecule has 0 spiro atoms. The Balaban J connectivity index is 2.22. The molecule has 0 saturated carbocycles. The van der Waals surface area contributed by atoms with E-state index in [1.807, 2.05) is 18.2 Å². The van der Waals surface area contributed by atoms with Crippen molar-refractivity contribution in [2.24, 2.45) is 0 Å². The lowest BCUT2D eigenvalue weighted by molar-refractivity contribution is 0.177. The van der Waals surface area contributed by atoms with Crippen molar-refractivity contribution in [3.05, 3.63) is 67.6 Å². The van der Waals surface area contributed by atoms with Crippen molar-refractivity contribution in [2.75, 3.05) is 0 Å². The summed E-state index contributed by atoms with van der Waals surface area (Å²) >= 11 is 6.93. The summed E-state index contributed by atoms with van der Waals surface area (Å²) < 4.78 is 1.91. The summed E-state index contributed by atoms with van der Waals surface area (Å²) in [5.41, 5.74) is 4.61. The molecule has 0 aromatic heterocycles. The van der Waals surface area contributed by atoms with Crippen molar-refractivity contribution in [1.82, 2.24) is 0 Å². The number of benzene rings is 2. The second kappa shape index (κ2) is 6.21. The molecule has 0 amide bonds. The molecule has 0 aliphatic heterocycles. The van der Waals surface area contributed by atoms with E-state index in [4.69, 9.17) is 0 Å². The van der Waals surface area contributed by atoms with Gasteiger partial charge >= 0.3 is 0 Å². The van der Waals surface area contributed by atoms with Crippen LogP contribution in [0.5, 0.6) is 0 Å². The molecule has 0 saturated heterocycles. The summed E-state index contributed by atoms with van der Waals surface area (Å²) in [7, 11) is 0. The minimum Gasteiger partial charge on any atom is -0.388 e. The third kappa shape index (κ3) is 3.68. The molecule has 0 heterocycles. The number of aliphatic hydroxyl groups is 1. The first kappa shape index (κ1) is 14.8. The van der Waals surface area contributed by atoms with E-state index in [9.17, 15) is 5.11 Å². The Bertz CT molecular complexity index is 593. The highest BCUT2D eigenvalue weighted by atomic mass is 79.9. The van der Waals surface area contributed by atoms with E-state index in [1.165, 1.54) is 11.1 Å². The predicted octanol–water partition coefficient (Wildman–Crippen LogP) is 5.10. The Kier molecular flexibility index (Phi) is 4.82. The summed E-state index contributed by atoms with van der Waals surface area (Å²) in [6.07, 6.45) is 0.116. The van der Waals surface area contributed by atoms with E-state index < -0.39 is 6.10 Å². The molecule has 1 atom stereocenters. The van der Waals surface area contributed by atoms with E-state index in [2.05, 4.69) is 63.9 Å². The maximum Gasteiger partial charge on any atom is 0.0841 e. The van der Waals surface area contributed by atoms with Gasteiger partial charge in [0.05, 0.1) is 6.10 Å². The summed E-state index contributed by atoms with van der Waals surface area (Å²) in [6, 6.07) is 12.2. The summed E-state index contributed by atoms with van der Waals surface area (Å²) in [4.78, 5) is 0. The van der Waals surface area contributed by atoms with Gasteiger partial charge in [-0.05, 0) is 54.3 Å². The third-order valence-corrected chi connectivity index (χ3v) is 4.53. The molecule has 0 aliphatic carbocycles. The largest absolute Gasteiger partial charge is 0.388 e. The number of halogens is 2. The molecule has 1 unspecified atom stereocenters. The van der Waals surface area contributed by atoms with Gasteiger partial charge < -0.3 is 5.11 Å². The number of hydrogen-bond acceptors (Lipinski definition) is 1. The van der Waals surface area contributed by atoms with Crippen LogP contribution in [0.15, 0.2) is 45.3 Å². The average Bonchev–Trinajstić information content (AvgIpc) is 2.36. The molecule has 2 aromatic rings. The zero-order chi connectivity index (χ0) is 14.0. The molecule has 0 bridgehead atoms. The quantitative estimate of drug-likeness (QED) is 0.781. The van der Waals surface area contributed by atoms with Gasteiger partial charge in [-0.25, -0.2) is 0 Å². The smallest absolute Gasteiger partial charge is 0.0841 e. The van der Waals surface area contributed by atoms with Crippen molar-refractivity contribution in [2.45, 2.75) is 26.4 Å². The van der Waals surface area contributed by atoms with Crippen LogP contribution in [0.25, 0.3) is 0 Å². The molecule has 2 aromatic carbocycles. The summed E-state index contributed by atoms with van der Waals surface area (Å²) in [6.45, 7) is 4.20. The highest BCUT2D eigenvalue weighted by Crippen LogP contribution is 2.29. The van der Waals surface area contributed by atoms with Gasteiger partial charge in [-0.1, -0.05) is 50.1 Å². The highest BCUT2D eigenvalue weighted by molar-refractivity contribution is 9.11. The Hall–Kier alpha value is -0.640. The number of rotatable bonds is 3. The standard InChI is InChI=1S/C16H16Br2O/c1-10-3-4-12(7-11(10)2)8-16(19)14-9-13(17)5-6-15(14)18/h3-7,9,16,19H,8H2,1-2H3. The first-order chi connectivity index (χ1) is 8.97. The van der Waals surface area contributed by atoms with Crippen molar-refractivity contribution in [3.8, 4) is 0 Å². The molecule has 1 nitrogen and oxygen atoms in total. The molecule has 100 valence electrons. The summed E-state index contributed by atoms with van der Waals surface area (Å²) in [5.74, 6) is 0. The first-order valence-electron chi connectivity index (χ1n) is 6.16. The topological polar surface area (TPSA) is 20.2 Å². The highest BCUT2D eigenvalue weighted by Gasteiger charge is 2.13. The fourth-order valence-electron chi connectivity index (χ4n) is 2.03. The molecular weight excluding hydrogens is 368 g/mol. The van der Waals surface area contributed by atoms with Crippen LogP contribution in [0.3, 0.4) is 0 Å². The maximum atomic E-state index is 10.4. The zero-order valence-electron chi connectivity index (χ0n) is 11.0. The van der Waals surface area contributed by atoms with Gasteiger partial charge in [0.1, 0.15) is 0 Å². The molecule has 0 radical (unpaired) electrons. The molecule has 1 N–H and O–H groups in total. The zero-order valence-corrected chi connectivity index (χ0v) is 14.1. The normalized spacial score (nSPS) is 12.5. The Morgan fingerprint density at radius 2 is 1.74 bits per heavy atom. The van der Waals surface area contributed by atoms with Gasteiger partial charge in [-0.3, -0.25) is 0 Å². The third-order valence-electron chi connectivity index (χ3n) is 3.32. The lowest BCUT2D eigenvalue weighted by atomic mass is 9.98. The van der Waals surface area contributed by atoms with Gasteiger partial charge in [0, 0.05) is 15.4 Å². The van der Waals surface area contributed by atoms with Crippen LogP contribution in [0, 0.1) is 13.8 Å².